The van der Waals surface area contributed by atoms with E-state index in [1.54, 1.807) is 6.20 Å². The largest absolute Gasteiger partial charge is 0.323 e. The van der Waals surface area contributed by atoms with Gasteiger partial charge in [-0.2, -0.15) is 0 Å². The van der Waals surface area contributed by atoms with Gasteiger partial charge in [-0.15, -0.1) is 0 Å². The quantitative estimate of drug-likeness (QED) is 0.706. The van der Waals surface area contributed by atoms with E-state index in [0.29, 0.717) is 0 Å². The highest BCUT2D eigenvalue weighted by atomic mass is 35.5. The van der Waals surface area contributed by atoms with Crippen LogP contribution in [-0.4, -0.2) is 15.0 Å². The predicted molar refractivity (Wildman–Crippen MR) is 71.1 cm³/mol. The molecule has 2 heterocycles. The molecule has 0 atom stereocenters. The van der Waals surface area contributed by atoms with Crippen molar-refractivity contribution >= 4 is 22.8 Å². The number of hydrogen-bond acceptors (Lipinski definition) is 2. The first-order chi connectivity index (χ1) is 7.83. The van der Waals surface area contributed by atoms with Gasteiger partial charge in [0.15, 0.2) is 5.65 Å². The molecule has 2 aromatic heterocycles. The molecule has 1 aromatic carbocycles. The number of hydrogen-bond donors (Lipinski definition) is 1. The first-order valence-electron chi connectivity index (χ1n) is 4.89. The van der Waals surface area contributed by atoms with E-state index in [9.17, 15) is 0 Å². The molecular weight excluding hydrogens is 234 g/mol. The van der Waals surface area contributed by atoms with Gasteiger partial charge in [0.25, 0.3) is 0 Å². The molecule has 86 valence electrons. The Hall–Kier alpha value is -1.87. The topological polar surface area (TPSA) is 41.6 Å². The van der Waals surface area contributed by atoms with E-state index in [1.807, 2.05) is 36.4 Å². The average molecular weight is 246 g/mol. The molecular formula is C13H12ClN3. The van der Waals surface area contributed by atoms with Gasteiger partial charge in [0.05, 0.1) is 0 Å². The number of halogens is 1. The van der Waals surface area contributed by atoms with Crippen LogP contribution in [0.15, 0.2) is 42.6 Å². The third-order valence-electron chi connectivity index (χ3n) is 2.37. The van der Waals surface area contributed by atoms with Crippen LogP contribution in [0.25, 0.3) is 22.6 Å². The van der Waals surface area contributed by atoms with Crippen LogP contribution in [0.4, 0.5) is 0 Å². The molecule has 3 aromatic rings. The smallest absolute Gasteiger partial charge is 0.157 e. The van der Waals surface area contributed by atoms with Crippen molar-refractivity contribution in [1.82, 2.24) is 15.0 Å². The number of benzene rings is 1. The van der Waals surface area contributed by atoms with Gasteiger partial charge in [-0.05, 0) is 36.4 Å². The zero-order valence-electron chi connectivity index (χ0n) is 8.31. The van der Waals surface area contributed by atoms with Crippen molar-refractivity contribution in [1.29, 1.82) is 0 Å². The minimum atomic E-state index is 0. The average Bonchev–Trinajstić information content (AvgIpc) is 2.73. The molecule has 4 heteroatoms. The van der Waals surface area contributed by atoms with Gasteiger partial charge >= 0.3 is 0 Å². The van der Waals surface area contributed by atoms with E-state index in [1.165, 1.54) is 0 Å². The maximum absolute atomic E-state index is 5.83. The van der Waals surface area contributed by atoms with Crippen LogP contribution < -0.4 is 0 Å². The fourth-order valence-corrected chi connectivity index (χ4v) is 1.71. The highest BCUT2D eigenvalue weighted by molar-refractivity contribution is 6.30. The Morgan fingerprint density at radius 3 is 2.53 bits per heavy atom. The minimum absolute atomic E-state index is 0. The van der Waals surface area contributed by atoms with Crippen LogP contribution in [0, 0.1) is 0 Å². The third-order valence-corrected chi connectivity index (χ3v) is 2.63. The van der Waals surface area contributed by atoms with Crippen LogP contribution in [0.5, 0.6) is 0 Å². The van der Waals surface area contributed by atoms with Crippen LogP contribution >= 0.6 is 11.6 Å². The summed E-state index contributed by atoms with van der Waals surface area (Å²) in [5, 5.41) is 0.720. The molecule has 0 bridgehead atoms. The second kappa shape index (κ2) is 4.55. The fraction of sp³-hybridized carbons (Fsp3) is 0.0769. The van der Waals surface area contributed by atoms with Gasteiger partial charge < -0.3 is 4.98 Å². The fourth-order valence-electron chi connectivity index (χ4n) is 1.59. The van der Waals surface area contributed by atoms with E-state index in [-0.39, 0.29) is 7.43 Å². The Labute approximate surface area is 104 Å². The summed E-state index contributed by atoms with van der Waals surface area (Å²) in [6, 6.07) is 11.3. The molecule has 0 aliphatic carbocycles. The maximum atomic E-state index is 5.83. The summed E-state index contributed by atoms with van der Waals surface area (Å²) in [5.41, 5.74) is 2.67. The molecule has 0 saturated carbocycles. The van der Waals surface area contributed by atoms with E-state index in [0.717, 1.165) is 27.6 Å². The second-order valence-corrected chi connectivity index (χ2v) is 3.90. The number of aromatic amines is 1. The number of pyridine rings is 1. The molecule has 17 heavy (non-hydrogen) atoms. The third kappa shape index (κ3) is 2.15. The van der Waals surface area contributed by atoms with Crippen molar-refractivity contribution in [2.75, 3.05) is 0 Å². The van der Waals surface area contributed by atoms with Crippen LogP contribution in [0.2, 0.25) is 5.02 Å². The predicted octanol–water partition coefficient (Wildman–Crippen LogP) is 3.91. The molecule has 0 saturated heterocycles. The van der Waals surface area contributed by atoms with Crippen LogP contribution in [-0.2, 0) is 0 Å². The van der Waals surface area contributed by atoms with E-state index >= 15 is 0 Å². The summed E-state index contributed by atoms with van der Waals surface area (Å²) in [7, 11) is 0. The van der Waals surface area contributed by atoms with Crippen molar-refractivity contribution in [2.45, 2.75) is 7.43 Å². The zero-order chi connectivity index (χ0) is 11.0. The lowest BCUT2D eigenvalue weighted by molar-refractivity contribution is 1.30. The van der Waals surface area contributed by atoms with Gasteiger partial charge in [0, 0.05) is 16.8 Å². The summed E-state index contributed by atoms with van der Waals surface area (Å²) in [6.07, 6.45) is 1.74. The highest BCUT2D eigenvalue weighted by Crippen LogP contribution is 2.20. The number of fused-ring (bicyclic) bond motifs is 1. The number of aromatic nitrogens is 3. The van der Waals surface area contributed by atoms with Crippen molar-refractivity contribution in [2.24, 2.45) is 0 Å². The molecule has 0 fully saturated rings. The number of rotatable bonds is 1. The Morgan fingerprint density at radius 1 is 1.06 bits per heavy atom. The summed E-state index contributed by atoms with van der Waals surface area (Å²) in [4.78, 5) is 11.8. The van der Waals surface area contributed by atoms with E-state index < -0.39 is 0 Å². The Balaban J connectivity index is 0.00000108. The first kappa shape index (κ1) is 11.6. The van der Waals surface area contributed by atoms with Gasteiger partial charge in [-0.1, -0.05) is 19.0 Å². The van der Waals surface area contributed by atoms with Crippen LogP contribution in [0.1, 0.15) is 7.43 Å². The number of H-pyrrole nitrogens is 1. The van der Waals surface area contributed by atoms with Gasteiger partial charge in [-0.3, -0.25) is 0 Å². The van der Waals surface area contributed by atoms with Crippen molar-refractivity contribution < 1.29 is 0 Å². The molecule has 0 radical (unpaired) electrons. The van der Waals surface area contributed by atoms with E-state index in [2.05, 4.69) is 15.0 Å². The zero-order valence-corrected chi connectivity index (χ0v) is 9.07. The van der Waals surface area contributed by atoms with Gasteiger partial charge in [-0.25, -0.2) is 9.97 Å². The summed E-state index contributed by atoms with van der Waals surface area (Å²) in [6.45, 7) is 0. The SMILES string of the molecule is C.Clc1ccc(-c2nc3cccnc3[nH]2)cc1. The minimum Gasteiger partial charge on any atom is -0.323 e. The maximum Gasteiger partial charge on any atom is 0.157 e. The number of nitrogens with one attached hydrogen (secondary N) is 1. The summed E-state index contributed by atoms with van der Waals surface area (Å²) >= 11 is 5.83. The molecule has 0 amide bonds. The van der Waals surface area contributed by atoms with Crippen molar-refractivity contribution in [3.8, 4) is 11.4 Å². The number of nitrogens with zero attached hydrogens (tertiary/aromatic N) is 2. The molecule has 0 aliphatic heterocycles. The Morgan fingerprint density at radius 2 is 1.82 bits per heavy atom. The monoisotopic (exact) mass is 245 g/mol. The van der Waals surface area contributed by atoms with Crippen molar-refractivity contribution in [3.05, 3.63) is 47.6 Å². The Bertz CT molecular complexity index is 595. The van der Waals surface area contributed by atoms with Gasteiger partial charge in [0.1, 0.15) is 11.3 Å². The standard InChI is InChI=1S/C12H8ClN3.CH4/c13-9-5-3-8(4-6-9)11-15-10-2-1-7-14-12(10)16-11;/h1-7H,(H,14,15,16);1H4. The molecule has 3 nitrogen and oxygen atoms in total. The van der Waals surface area contributed by atoms with E-state index in [4.69, 9.17) is 11.6 Å². The van der Waals surface area contributed by atoms with Crippen LogP contribution in [0.3, 0.4) is 0 Å². The molecule has 3 rings (SSSR count). The molecule has 0 spiro atoms. The Kier molecular flexibility index (Phi) is 3.11. The lowest BCUT2D eigenvalue weighted by atomic mass is 10.2. The lowest BCUT2D eigenvalue weighted by Gasteiger charge is -1.95. The molecule has 0 unspecified atom stereocenters. The molecule has 0 aliphatic rings. The van der Waals surface area contributed by atoms with Crippen molar-refractivity contribution in [3.63, 3.8) is 0 Å². The van der Waals surface area contributed by atoms with Gasteiger partial charge in [0.2, 0.25) is 0 Å². The molecule has 1 N–H and O–H groups in total. The lowest BCUT2D eigenvalue weighted by Crippen LogP contribution is -1.79. The summed E-state index contributed by atoms with van der Waals surface area (Å²) in [5.74, 6) is 0.811. The normalized spacial score (nSPS) is 10.2. The first-order valence-corrected chi connectivity index (χ1v) is 5.27. The highest BCUT2D eigenvalue weighted by Gasteiger charge is 2.04. The summed E-state index contributed by atoms with van der Waals surface area (Å²) < 4.78 is 0. The second-order valence-electron chi connectivity index (χ2n) is 3.46. The number of imidazole rings is 1.